The van der Waals surface area contributed by atoms with Crippen molar-refractivity contribution in [3.8, 4) is 11.5 Å². The van der Waals surface area contributed by atoms with Crippen molar-refractivity contribution in [1.82, 2.24) is 19.9 Å². The highest BCUT2D eigenvalue weighted by molar-refractivity contribution is 9.10. The van der Waals surface area contributed by atoms with Gasteiger partial charge in [0.25, 0.3) is 5.56 Å². The van der Waals surface area contributed by atoms with Gasteiger partial charge in [0.1, 0.15) is 22.8 Å². The topological polar surface area (TPSA) is 95.2 Å². The summed E-state index contributed by atoms with van der Waals surface area (Å²) in [6, 6.07) is 9.88. The largest absolute Gasteiger partial charge is 0.454 e. The average molecular weight is 594 g/mol. The van der Waals surface area contributed by atoms with Crippen molar-refractivity contribution in [1.29, 1.82) is 0 Å². The molecule has 0 amide bonds. The number of ether oxygens (including phenoxy) is 1. The van der Waals surface area contributed by atoms with Crippen molar-refractivity contribution in [3.63, 3.8) is 0 Å². The Morgan fingerprint density at radius 2 is 1.92 bits per heavy atom. The van der Waals surface area contributed by atoms with Crippen molar-refractivity contribution in [3.05, 3.63) is 75.1 Å². The fraction of sp³-hybridized carbons (Fsp3) is 0.240. The van der Waals surface area contributed by atoms with Crippen LogP contribution in [0.2, 0.25) is 0 Å². The Hall–Kier alpha value is -3.28. The third-order valence-electron chi connectivity index (χ3n) is 5.96. The standard InChI is InChI=1S/C25H23BrF2N6O2.ClH/c1-34-9-7-15(8-10-34)31-25-32-22-18(26)13-29-24(35)21(22)23(33-25)30-16-5-6-20(19(28)12-16)36-17-4-2-3-14(27)11-17;/h2-6,11-13,15H,7-10H2,1H3,(H,29,35)(H2,30,31,32,33);1H. The number of rotatable bonds is 6. The molecule has 1 saturated heterocycles. The van der Waals surface area contributed by atoms with Gasteiger partial charge in [-0.2, -0.15) is 4.98 Å². The number of fused-ring (bicyclic) bond motifs is 1. The first-order chi connectivity index (χ1) is 17.4. The number of anilines is 3. The summed E-state index contributed by atoms with van der Waals surface area (Å²) in [7, 11) is 2.09. The molecule has 0 spiro atoms. The molecule has 3 heterocycles. The van der Waals surface area contributed by atoms with Gasteiger partial charge in [-0.1, -0.05) is 6.07 Å². The fourth-order valence-corrected chi connectivity index (χ4v) is 4.47. The Morgan fingerprint density at radius 3 is 2.65 bits per heavy atom. The zero-order valence-electron chi connectivity index (χ0n) is 19.7. The number of hydrogen-bond donors (Lipinski definition) is 3. The van der Waals surface area contributed by atoms with E-state index in [1.807, 2.05) is 0 Å². The number of benzene rings is 2. The summed E-state index contributed by atoms with van der Waals surface area (Å²) < 4.78 is 34.3. The van der Waals surface area contributed by atoms with Crippen molar-refractivity contribution in [2.24, 2.45) is 0 Å². The summed E-state index contributed by atoms with van der Waals surface area (Å²) in [6.45, 7) is 1.92. The molecule has 3 N–H and O–H groups in total. The molecule has 37 heavy (non-hydrogen) atoms. The van der Waals surface area contributed by atoms with E-state index in [4.69, 9.17) is 4.74 Å². The van der Waals surface area contributed by atoms with Gasteiger partial charge in [0.2, 0.25) is 5.95 Å². The summed E-state index contributed by atoms with van der Waals surface area (Å²) >= 11 is 3.45. The molecule has 0 aliphatic carbocycles. The first-order valence-electron chi connectivity index (χ1n) is 11.4. The summed E-state index contributed by atoms with van der Waals surface area (Å²) in [4.78, 5) is 26.7. The quantitative estimate of drug-likeness (QED) is 0.259. The number of likely N-dealkylation sites (tertiary alicyclic amines) is 1. The van der Waals surface area contributed by atoms with Gasteiger partial charge >= 0.3 is 0 Å². The van der Waals surface area contributed by atoms with E-state index in [0.717, 1.165) is 25.9 Å². The lowest BCUT2D eigenvalue weighted by atomic mass is 10.1. The lowest BCUT2D eigenvalue weighted by Crippen LogP contribution is -2.37. The zero-order chi connectivity index (χ0) is 25.2. The summed E-state index contributed by atoms with van der Waals surface area (Å²) in [5, 5.41) is 6.65. The molecule has 1 fully saturated rings. The number of hydrogen-bond acceptors (Lipinski definition) is 7. The highest BCUT2D eigenvalue weighted by Gasteiger charge is 2.20. The molecule has 2 aromatic heterocycles. The Balaban J connectivity index is 0.00000320. The van der Waals surface area contributed by atoms with E-state index < -0.39 is 11.6 Å². The van der Waals surface area contributed by atoms with E-state index in [9.17, 15) is 13.6 Å². The molecule has 0 radical (unpaired) electrons. The van der Waals surface area contributed by atoms with E-state index in [1.165, 1.54) is 42.6 Å². The first kappa shape index (κ1) is 26.8. The SMILES string of the molecule is CN1CCC(Nc2nc(Nc3ccc(Oc4cccc(F)c4)c(F)c3)c3c(=O)[nH]cc(Br)c3n2)CC1.Cl. The zero-order valence-corrected chi connectivity index (χ0v) is 22.1. The number of halogens is 4. The molecule has 8 nitrogen and oxygen atoms in total. The van der Waals surface area contributed by atoms with Crippen LogP contribution in [0.4, 0.5) is 26.2 Å². The number of aromatic nitrogens is 3. The van der Waals surface area contributed by atoms with Gasteiger partial charge < -0.3 is 25.3 Å². The van der Waals surface area contributed by atoms with Gasteiger partial charge in [0.15, 0.2) is 11.6 Å². The molecule has 5 rings (SSSR count). The van der Waals surface area contributed by atoms with Crippen LogP contribution >= 0.6 is 28.3 Å². The highest BCUT2D eigenvalue weighted by Crippen LogP contribution is 2.31. The molecule has 0 unspecified atom stereocenters. The molecular weight excluding hydrogens is 570 g/mol. The molecule has 0 bridgehead atoms. The van der Waals surface area contributed by atoms with Crippen molar-refractivity contribution in [2.45, 2.75) is 18.9 Å². The maximum Gasteiger partial charge on any atom is 0.261 e. The number of piperidine rings is 1. The second-order valence-electron chi connectivity index (χ2n) is 8.64. The summed E-state index contributed by atoms with van der Waals surface area (Å²) in [6.07, 6.45) is 3.41. The van der Waals surface area contributed by atoms with Gasteiger partial charge in [0.05, 0.1) is 9.99 Å². The minimum atomic E-state index is -0.664. The maximum absolute atomic E-state index is 14.8. The summed E-state index contributed by atoms with van der Waals surface area (Å²) in [5.41, 5.74) is 0.398. The van der Waals surface area contributed by atoms with Gasteiger partial charge in [-0.25, -0.2) is 13.8 Å². The lowest BCUT2D eigenvalue weighted by Gasteiger charge is -2.29. The van der Waals surface area contributed by atoms with Crippen LogP contribution in [0.25, 0.3) is 10.9 Å². The first-order valence-corrected chi connectivity index (χ1v) is 12.2. The van der Waals surface area contributed by atoms with E-state index >= 15 is 0 Å². The fourth-order valence-electron chi connectivity index (χ4n) is 4.06. The molecule has 2 aromatic carbocycles. The predicted molar refractivity (Wildman–Crippen MR) is 145 cm³/mol. The molecule has 1 aliphatic heterocycles. The van der Waals surface area contributed by atoms with Gasteiger partial charge in [0, 0.05) is 30.1 Å². The third-order valence-corrected chi connectivity index (χ3v) is 6.57. The number of pyridine rings is 1. The predicted octanol–water partition coefficient (Wildman–Crippen LogP) is 5.82. The van der Waals surface area contributed by atoms with Crippen LogP contribution in [0.1, 0.15) is 12.8 Å². The molecule has 0 saturated carbocycles. The molecule has 1 aliphatic rings. The molecule has 194 valence electrons. The smallest absolute Gasteiger partial charge is 0.261 e. The Morgan fingerprint density at radius 1 is 1.14 bits per heavy atom. The van der Waals surface area contributed by atoms with Crippen LogP contribution < -0.4 is 20.9 Å². The van der Waals surface area contributed by atoms with Crippen LogP contribution in [0, 0.1) is 11.6 Å². The molecule has 12 heteroatoms. The lowest BCUT2D eigenvalue weighted by molar-refractivity contribution is 0.263. The van der Waals surface area contributed by atoms with Crippen LogP contribution in [0.5, 0.6) is 11.5 Å². The molecule has 0 atom stereocenters. The van der Waals surface area contributed by atoms with E-state index in [2.05, 4.69) is 53.5 Å². The number of nitrogens with zero attached hydrogens (tertiary/aromatic N) is 3. The average Bonchev–Trinajstić information content (AvgIpc) is 2.85. The maximum atomic E-state index is 14.8. The van der Waals surface area contributed by atoms with E-state index in [1.54, 1.807) is 6.07 Å². The summed E-state index contributed by atoms with van der Waals surface area (Å²) in [5.74, 6) is -0.430. The van der Waals surface area contributed by atoms with Crippen molar-refractivity contribution in [2.75, 3.05) is 30.8 Å². The number of H-pyrrole nitrogens is 1. The van der Waals surface area contributed by atoms with Crippen molar-refractivity contribution >= 4 is 56.7 Å². The number of nitrogens with one attached hydrogen (secondary N) is 3. The van der Waals surface area contributed by atoms with Crippen LogP contribution in [0.3, 0.4) is 0 Å². The Labute approximate surface area is 226 Å². The van der Waals surface area contributed by atoms with Crippen LogP contribution in [-0.4, -0.2) is 46.0 Å². The number of aromatic amines is 1. The van der Waals surface area contributed by atoms with Crippen molar-refractivity contribution < 1.29 is 13.5 Å². The second kappa shape index (κ2) is 11.4. The highest BCUT2D eigenvalue weighted by atomic mass is 79.9. The third kappa shape index (κ3) is 6.17. The van der Waals surface area contributed by atoms with Gasteiger partial charge in [-0.3, -0.25) is 4.79 Å². The second-order valence-corrected chi connectivity index (χ2v) is 9.49. The van der Waals surface area contributed by atoms with E-state index in [0.29, 0.717) is 21.6 Å². The normalized spacial score (nSPS) is 14.3. The molecular formula is C25H24BrClF2N6O2. The van der Waals surface area contributed by atoms with Crippen LogP contribution in [-0.2, 0) is 0 Å². The Kier molecular flexibility index (Phi) is 8.25. The van der Waals surface area contributed by atoms with Gasteiger partial charge in [-0.05, 0) is 73.2 Å². The molecule has 4 aromatic rings. The minimum Gasteiger partial charge on any atom is -0.454 e. The van der Waals surface area contributed by atoms with Crippen LogP contribution in [0.15, 0.2) is 57.9 Å². The van der Waals surface area contributed by atoms with Gasteiger partial charge in [-0.15, -0.1) is 12.4 Å². The van der Waals surface area contributed by atoms with E-state index in [-0.39, 0.29) is 46.7 Å². The Bertz CT molecular complexity index is 1480. The monoisotopic (exact) mass is 592 g/mol. The minimum absolute atomic E-state index is 0.